The number of hydrogen-bond donors (Lipinski definition) is 1. The van der Waals surface area contributed by atoms with E-state index in [0.29, 0.717) is 26.3 Å². The second kappa shape index (κ2) is 7.70. The molecule has 0 aliphatic carbocycles. The van der Waals surface area contributed by atoms with E-state index in [9.17, 15) is 14.7 Å². The summed E-state index contributed by atoms with van der Waals surface area (Å²) in [4.78, 5) is 27.1. The van der Waals surface area contributed by atoms with Gasteiger partial charge in [0.2, 0.25) is 5.13 Å². The molecule has 0 saturated carbocycles. The quantitative estimate of drug-likeness (QED) is 0.321. The summed E-state index contributed by atoms with van der Waals surface area (Å²) in [5.41, 5.74) is 1.05. The van der Waals surface area contributed by atoms with Gasteiger partial charge in [0.25, 0.3) is 5.78 Å². The fourth-order valence-corrected chi connectivity index (χ4v) is 4.24. The van der Waals surface area contributed by atoms with Crippen molar-refractivity contribution in [2.75, 3.05) is 4.90 Å². The van der Waals surface area contributed by atoms with E-state index in [-0.39, 0.29) is 11.3 Å². The number of amides is 1. The number of aliphatic hydroxyl groups is 1. The van der Waals surface area contributed by atoms with Crippen molar-refractivity contribution < 1.29 is 14.7 Å². The zero-order valence-corrected chi connectivity index (χ0v) is 18.1. The zero-order valence-electron chi connectivity index (χ0n) is 15.0. The molecule has 1 aromatic heterocycles. The molecule has 1 aliphatic rings. The fourth-order valence-electron chi connectivity index (χ4n) is 3.14. The lowest BCUT2D eigenvalue weighted by molar-refractivity contribution is -0.132. The van der Waals surface area contributed by atoms with Crippen LogP contribution in [0.5, 0.6) is 0 Å². The Labute approximate surface area is 183 Å². The van der Waals surface area contributed by atoms with E-state index >= 15 is 0 Å². The monoisotopic (exact) mass is 489 g/mol. The summed E-state index contributed by atoms with van der Waals surface area (Å²) in [6.07, 6.45) is 0. The number of benzene rings is 2. The van der Waals surface area contributed by atoms with Crippen molar-refractivity contribution in [2.45, 2.75) is 13.0 Å². The molecule has 1 aliphatic heterocycles. The number of Topliss-reactive ketones (excluding diaryl/α,β-unsaturated/α-hetero) is 1. The molecule has 1 fully saturated rings. The van der Waals surface area contributed by atoms with Crippen molar-refractivity contribution in [3.05, 3.63) is 79.7 Å². The van der Waals surface area contributed by atoms with Crippen molar-refractivity contribution in [2.24, 2.45) is 0 Å². The number of halogens is 2. The summed E-state index contributed by atoms with van der Waals surface area (Å²) in [7, 11) is 0. The Morgan fingerprint density at radius 1 is 1.10 bits per heavy atom. The van der Waals surface area contributed by atoms with Crippen molar-refractivity contribution >= 4 is 61.4 Å². The van der Waals surface area contributed by atoms with Crippen LogP contribution in [0.25, 0.3) is 5.76 Å². The number of carbonyl (C=O) groups is 2. The van der Waals surface area contributed by atoms with Crippen LogP contribution in [0.15, 0.2) is 58.6 Å². The van der Waals surface area contributed by atoms with Crippen molar-refractivity contribution in [1.29, 1.82) is 0 Å². The van der Waals surface area contributed by atoms with Gasteiger partial charge in [0.05, 0.1) is 11.6 Å². The highest BCUT2D eigenvalue weighted by atomic mass is 79.9. The molecule has 3 aromatic rings. The number of rotatable bonds is 3. The Morgan fingerprint density at radius 2 is 1.76 bits per heavy atom. The molecule has 4 rings (SSSR count). The Hall–Kier alpha value is -2.55. The van der Waals surface area contributed by atoms with E-state index < -0.39 is 17.7 Å². The number of carbonyl (C=O) groups excluding carboxylic acids is 2. The summed E-state index contributed by atoms with van der Waals surface area (Å²) in [6, 6.07) is 12.8. The molecular formula is C20H13BrClN3O3S. The molecule has 0 spiro atoms. The van der Waals surface area contributed by atoms with Crippen LogP contribution in [-0.4, -0.2) is 27.0 Å². The molecule has 0 radical (unpaired) electrons. The van der Waals surface area contributed by atoms with Crippen LogP contribution in [0.2, 0.25) is 5.02 Å². The molecule has 1 unspecified atom stereocenters. The highest BCUT2D eigenvalue weighted by molar-refractivity contribution is 9.10. The maximum Gasteiger partial charge on any atom is 0.301 e. The minimum absolute atomic E-state index is 0.00695. The minimum atomic E-state index is -0.828. The second-order valence-electron chi connectivity index (χ2n) is 6.33. The molecule has 0 bridgehead atoms. The van der Waals surface area contributed by atoms with E-state index in [1.54, 1.807) is 43.3 Å². The summed E-state index contributed by atoms with van der Waals surface area (Å²) in [6.45, 7) is 1.76. The van der Waals surface area contributed by atoms with E-state index in [0.717, 1.165) is 4.47 Å². The van der Waals surface area contributed by atoms with Gasteiger partial charge >= 0.3 is 5.91 Å². The second-order valence-corrected chi connectivity index (χ2v) is 8.84. The molecule has 1 N–H and O–H groups in total. The summed E-state index contributed by atoms with van der Waals surface area (Å²) < 4.78 is 0.850. The molecule has 29 heavy (non-hydrogen) atoms. The number of hydrogen-bond acceptors (Lipinski definition) is 6. The van der Waals surface area contributed by atoms with Crippen LogP contribution in [0.4, 0.5) is 5.13 Å². The maximum absolute atomic E-state index is 12.9. The van der Waals surface area contributed by atoms with Crippen LogP contribution >= 0.6 is 38.9 Å². The number of ketones is 1. The van der Waals surface area contributed by atoms with Gasteiger partial charge in [-0.2, -0.15) is 0 Å². The third-order valence-electron chi connectivity index (χ3n) is 4.47. The van der Waals surface area contributed by atoms with Gasteiger partial charge in [-0.05, 0) is 48.9 Å². The van der Waals surface area contributed by atoms with E-state index in [2.05, 4.69) is 26.1 Å². The summed E-state index contributed by atoms with van der Waals surface area (Å²) in [5.74, 6) is -1.81. The third-order valence-corrected chi connectivity index (χ3v) is 6.09. The van der Waals surface area contributed by atoms with Gasteiger partial charge in [-0.15, -0.1) is 10.2 Å². The zero-order chi connectivity index (χ0) is 20.7. The fraction of sp³-hybridized carbons (Fsp3) is 0.100. The molecule has 1 amide bonds. The molecule has 1 saturated heterocycles. The third kappa shape index (κ3) is 3.59. The predicted octanol–water partition coefficient (Wildman–Crippen LogP) is 4.89. The van der Waals surface area contributed by atoms with E-state index in [4.69, 9.17) is 11.6 Å². The molecule has 9 heteroatoms. The number of aliphatic hydroxyl groups excluding tert-OH is 1. The van der Waals surface area contributed by atoms with Crippen molar-refractivity contribution in [1.82, 2.24) is 10.2 Å². The highest BCUT2D eigenvalue weighted by Gasteiger charge is 2.48. The molecule has 2 aromatic carbocycles. The first-order valence-electron chi connectivity index (χ1n) is 8.49. The lowest BCUT2D eigenvalue weighted by Gasteiger charge is -2.22. The van der Waals surface area contributed by atoms with Crippen LogP contribution < -0.4 is 4.90 Å². The summed E-state index contributed by atoms with van der Waals surface area (Å²) in [5, 5.41) is 20.4. The van der Waals surface area contributed by atoms with E-state index in [1.165, 1.54) is 16.2 Å². The molecule has 1 atom stereocenters. The first-order chi connectivity index (χ1) is 13.9. The summed E-state index contributed by atoms with van der Waals surface area (Å²) >= 11 is 10.5. The molecular weight excluding hydrogens is 478 g/mol. The number of aromatic nitrogens is 2. The standard InChI is InChI=1S/C20H13BrClN3O3S/c1-10-23-24-20(29-10)25-16(11-2-6-13(21)7-3-11)15(18(27)19(25)28)17(26)12-4-8-14(22)9-5-12/h2-9,16,26H,1H3/b17-15+. The lowest BCUT2D eigenvalue weighted by atomic mass is 9.95. The van der Waals surface area contributed by atoms with Gasteiger partial charge in [0, 0.05) is 15.1 Å². The highest BCUT2D eigenvalue weighted by Crippen LogP contribution is 2.43. The van der Waals surface area contributed by atoms with Crippen LogP contribution in [0.3, 0.4) is 0 Å². The van der Waals surface area contributed by atoms with Gasteiger partial charge in [-0.3, -0.25) is 14.5 Å². The van der Waals surface area contributed by atoms with Crippen LogP contribution in [-0.2, 0) is 9.59 Å². The predicted molar refractivity (Wildman–Crippen MR) is 115 cm³/mol. The van der Waals surface area contributed by atoms with Gasteiger partial charge in [-0.1, -0.05) is 51.0 Å². The number of nitrogens with zero attached hydrogens (tertiary/aromatic N) is 3. The minimum Gasteiger partial charge on any atom is -0.507 e. The molecule has 2 heterocycles. The van der Waals surface area contributed by atoms with Crippen LogP contribution in [0.1, 0.15) is 22.2 Å². The number of aryl methyl sites for hydroxylation is 1. The normalized spacial score (nSPS) is 18.4. The lowest BCUT2D eigenvalue weighted by Crippen LogP contribution is -2.29. The topological polar surface area (TPSA) is 83.4 Å². The Bertz CT molecular complexity index is 1140. The first-order valence-corrected chi connectivity index (χ1v) is 10.5. The smallest absolute Gasteiger partial charge is 0.301 e. The van der Waals surface area contributed by atoms with Gasteiger partial charge in [0.1, 0.15) is 10.8 Å². The Kier molecular flexibility index (Phi) is 5.24. The average Bonchev–Trinajstić information content (AvgIpc) is 3.24. The van der Waals surface area contributed by atoms with E-state index in [1.807, 2.05) is 12.1 Å². The average molecular weight is 491 g/mol. The molecule has 146 valence electrons. The molecule has 6 nitrogen and oxygen atoms in total. The van der Waals surface area contributed by atoms with Crippen LogP contribution in [0, 0.1) is 6.92 Å². The number of anilines is 1. The maximum atomic E-state index is 12.9. The SMILES string of the molecule is Cc1nnc(N2C(=O)C(=O)/C(=C(/O)c3ccc(Cl)cc3)C2c2ccc(Br)cc2)s1. The van der Waals surface area contributed by atoms with Gasteiger partial charge < -0.3 is 5.11 Å². The van der Waals surface area contributed by atoms with Crippen molar-refractivity contribution in [3.63, 3.8) is 0 Å². The Morgan fingerprint density at radius 3 is 2.34 bits per heavy atom. The first kappa shape index (κ1) is 19.8. The van der Waals surface area contributed by atoms with Gasteiger partial charge in [-0.25, -0.2) is 0 Å². The van der Waals surface area contributed by atoms with Gasteiger partial charge in [0.15, 0.2) is 0 Å². The Balaban J connectivity index is 1.93. The van der Waals surface area contributed by atoms with Crippen molar-refractivity contribution in [3.8, 4) is 0 Å². The largest absolute Gasteiger partial charge is 0.507 e.